The normalized spacial score (nSPS) is 10.3. The fourth-order valence-electron chi connectivity index (χ4n) is 1.25. The highest BCUT2D eigenvalue weighted by Crippen LogP contribution is 2.14. The number of rotatable bonds is 2. The Kier molecular flexibility index (Phi) is 5.78. The quantitative estimate of drug-likeness (QED) is 0.666. The first-order valence-electron chi connectivity index (χ1n) is 6.00. The molecule has 0 saturated carbocycles. The molecule has 0 radical (unpaired) electrons. The molecule has 0 fully saturated rings. The van der Waals surface area contributed by atoms with Crippen molar-refractivity contribution in [1.29, 1.82) is 0 Å². The Morgan fingerprint density at radius 1 is 1.32 bits per heavy atom. The molecule has 1 N–H and O–H groups in total. The summed E-state index contributed by atoms with van der Waals surface area (Å²) in [5, 5.41) is 2.59. The monoisotopic (exact) mass is 277 g/mol. The molecule has 0 unspecified atom stereocenters. The summed E-state index contributed by atoms with van der Waals surface area (Å²) in [5.41, 5.74) is 0.453. The molecular formula is C15H19NO2S. The van der Waals surface area contributed by atoms with Gasteiger partial charge < -0.3 is 10.1 Å². The van der Waals surface area contributed by atoms with E-state index in [2.05, 4.69) is 17.2 Å². The Labute approximate surface area is 119 Å². The second-order valence-electron chi connectivity index (χ2n) is 4.89. The zero-order valence-electron chi connectivity index (χ0n) is 11.7. The summed E-state index contributed by atoms with van der Waals surface area (Å²) < 4.78 is 5.10. The molecule has 0 aromatic heterocycles. The highest BCUT2D eigenvalue weighted by molar-refractivity contribution is 7.98. The lowest BCUT2D eigenvalue weighted by Crippen LogP contribution is -2.32. The van der Waals surface area contributed by atoms with Gasteiger partial charge in [-0.25, -0.2) is 4.79 Å². The van der Waals surface area contributed by atoms with E-state index in [1.54, 1.807) is 11.8 Å². The molecule has 0 aliphatic rings. The molecular weight excluding hydrogens is 258 g/mol. The van der Waals surface area contributed by atoms with Crippen molar-refractivity contribution in [3.8, 4) is 11.8 Å². The van der Waals surface area contributed by atoms with Crippen LogP contribution in [0.4, 0.5) is 4.79 Å². The zero-order chi connectivity index (χ0) is 14.3. The molecule has 1 aromatic rings. The van der Waals surface area contributed by atoms with Crippen LogP contribution in [-0.2, 0) is 4.74 Å². The van der Waals surface area contributed by atoms with Gasteiger partial charge in [-0.15, -0.1) is 11.8 Å². The molecule has 0 atom stereocenters. The second kappa shape index (κ2) is 7.10. The fourth-order valence-corrected chi connectivity index (χ4v) is 1.66. The van der Waals surface area contributed by atoms with Crippen molar-refractivity contribution in [2.75, 3.05) is 12.8 Å². The third-order valence-electron chi connectivity index (χ3n) is 2.04. The molecule has 0 spiro atoms. The van der Waals surface area contributed by atoms with Crippen LogP contribution >= 0.6 is 11.8 Å². The second-order valence-corrected chi connectivity index (χ2v) is 5.77. The van der Waals surface area contributed by atoms with Crippen LogP contribution in [0, 0.1) is 11.8 Å². The van der Waals surface area contributed by atoms with E-state index in [0.29, 0.717) is 0 Å². The van der Waals surface area contributed by atoms with Crippen LogP contribution in [0.1, 0.15) is 26.3 Å². The maximum absolute atomic E-state index is 11.3. The van der Waals surface area contributed by atoms with Crippen molar-refractivity contribution in [3.63, 3.8) is 0 Å². The van der Waals surface area contributed by atoms with Gasteiger partial charge in [-0.3, -0.25) is 0 Å². The highest BCUT2D eigenvalue weighted by atomic mass is 32.2. The van der Waals surface area contributed by atoms with Crippen molar-refractivity contribution in [2.24, 2.45) is 0 Å². The third-order valence-corrected chi connectivity index (χ3v) is 2.79. The molecule has 19 heavy (non-hydrogen) atoms. The van der Waals surface area contributed by atoms with E-state index in [-0.39, 0.29) is 6.54 Å². The average molecular weight is 277 g/mol. The molecule has 0 heterocycles. The number of carbonyl (C=O) groups is 1. The Hall–Kier alpha value is -1.60. The molecule has 1 aromatic carbocycles. The van der Waals surface area contributed by atoms with E-state index in [4.69, 9.17) is 4.74 Å². The number of carbonyl (C=O) groups excluding carboxylic acids is 1. The zero-order valence-corrected chi connectivity index (χ0v) is 12.6. The minimum atomic E-state index is -0.481. The van der Waals surface area contributed by atoms with Crippen LogP contribution in [0.2, 0.25) is 0 Å². The first-order valence-corrected chi connectivity index (χ1v) is 7.23. The van der Waals surface area contributed by atoms with Crippen molar-refractivity contribution in [2.45, 2.75) is 31.3 Å². The minimum Gasteiger partial charge on any atom is -0.444 e. The van der Waals surface area contributed by atoms with Crippen molar-refractivity contribution < 1.29 is 9.53 Å². The average Bonchev–Trinajstić information content (AvgIpc) is 2.33. The van der Waals surface area contributed by atoms with Gasteiger partial charge in [0.25, 0.3) is 0 Å². The first kappa shape index (κ1) is 15.5. The molecule has 102 valence electrons. The number of benzene rings is 1. The van der Waals surface area contributed by atoms with Gasteiger partial charge in [-0.1, -0.05) is 11.8 Å². The number of alkyl carbamates (subject to hydrolysis) is 1. The lowest BCUT2D eigenvalue weighted by molar-refractivity contribution is 0.0535. The lowest BCUT2D eigenvalue weighted by Gasteiger charge is -2.18. The van der Waals surface area contributed by atoms with Crippen LogP contribution in [0.3, 0.4) is 0 Å². The van der Waals surface area contributed by atoms with Crippen molar-refractivity contribution in [3.05, 3.63) is 29.8 Å². The summed E-state index contributed by atoms with van der Waals surface area (Å²) in [7, 11) is 0. The predicted molar refractivity (Wildman–Crippen MR) is 79.3 cm³/mol. The largest absolute Gasteiger partial charge is 0.444 e. The van der Waals surface area contributed by atoms with Crippen LogP contribution in [0.25, 0.3) is 0 Å². The van der Waals surface area contributed by atoms with E-state index in [1.807, 2.05) is 51.3 Å². The number of hydrogen-bond acceptors (Lipinski definition) is 3. The van der Waals surface area contributed by atoms with E-state index >= 15 is 0 Å². The van der Waals surface area contributed by atoms with E-state index < -0.39 is 11.7 Å². The van der Waals surface area contributed by atoms with Gasteiger partial charge in [-0.05, 0) is 51.3 Å². The first-order chi connectivity index (χ1) is 8.90. The van der Waals surface area contributed by atoms with E-state index in [9.17, 15) is 4.79 Å². The van der Waals surface area contributed by atoms with E-state index in [0.717, 1.165) is 5.56 Å². The minimum absolute atomic E-state index is 0.277. The summed E-state index contributed by atoms with van der Waals surface area (Å²) in [4.78, 5) is 12.6. The maximum Gasteiger partial charge on any atom is 0.408 e. The Morgan fingerprint density at radius 2 is 1.95 bits per heavy atom. The van der Waals surface area contributed by atoms with E-state index in [1.165, 1.54) is 4.90 Å². The Balaban J connectivity index is 2.40. The van der Waals surface area contributed by atoms with Crippen LogP contribution in [0.5, 0.6) is 0 Å². The molecule has 4 heteroatoms. The number of ether oxygens (including phenoxy) is 1. The standard InChI is InChI=1S/C15H19NO2S/c1-15(2,3)18-14(17)16-11-5-6-12-7-9-13(19-4)10-8-12/h7-10H,11H2,1-4H3,(H,16,17). The van der Waals surface area contributed by atoms with Gasteiger partial charge in [0.2, 0.25) is 0 Å². The third kappa shape index (κ3) is 6.78. The van der Waals surface area contributed by atoms with Crippen LogP contribution in [-0.4, -0.2) is 24.5 Å². The number of amides is 1. The molecule has 3 nitrogen and oxygen atoms in total. The summed E-state index contributed by atoms with van der Waals surface area (Å²) in [5.74, 6) is 5.87. The summed E-state index contributed by atoms with van der Waals surface area (Å²) in [6.45, 7) is 5.75. The summed E-state index contributed by atoms with van der Waals surface area (Å²) in [6.07, 6.45) is 1.59. The molecule has 0 bridgehead atoms. The van der Waals surface area contributed by atoms with Gasteiger partial charge in [0.15, 0.2) is 0 Å². The SMILES string of the molecule is CSc1ccc(C#CCNC(=O)OC(C)(C)C)cc1. The van der Waals surface area contributed by atoms with Gasteiger partial charge in [0.1, 0.15) is 5.60 Å². The topological polar surface area (TPSA) is 38.3 Å². The van der Waals surface area contributed by atoms with Crippen molar-refractivity contribution in [1.82, 2.24) is 5.32 Å². The molecule has 1 amide bonds. The molecule has 1 rings (SSSR count). The van der Waals surface area contributed by atoms with Crippen LogP contribution in [0.15, 0.2) is 29.2 Å². The van der Waals surface area contributed by atoms with Crippen LogP contribution < -0.4 is 5.32 Å². The van der Waals surface area contributed by atoms with Gasteiger partial charge in [0.05, 0.1) is 6.54 Å². The highest BCUT2D eigenvalue weighted by Gasteiger charge is 2.14. The summed E-state index contributed by atoms with van der Waals surface area (Å²) >= 11 is 1.69. The molecule has 0 aliphatic heterocycles. The molecule has 0 saturated heterocycles. The molecule has 0 aliphatic carbocycles. The lowest BCUT2D eigenvalue weighted by atomic mass is 10.2. The maximum atomic E-state index is 11.3. The summed E-state index contributed by atoms with van der Waals surface area (Å²) in [6, 6.07) is 7.98. The fraction of sp³-hybridized carbons (Fsp3) is 0.400. The Bertz CT molecular complexity index is 478. The van der Waals surface area contributed by atoms with Gasteiger partial charge >= 0.3 is 6.09 Å². The Morgan fingerprint density at radius 3 is 2.47 bits per heavy atom. The number of hydrogen-bond donors (Lipinski definition) is 1. The van der Waals surface area contributed by atoms with Gasteiger partial charge in [-0.2, -0.15) is 0 Å². The number of nitrogens with one attached hydrogen (secondary N) is 1. The smallest absolute Gasteiger partial charge is 0.408 e. The van der Waals surface area contributed by atoms with Crippen molar-refractivity contribution >= 4 is 17.9 Å². The predicted octanol–water partition coefficient (Wildman–Crippen LogP) is 3.28. The number of thioether (sulfide) groups is 1. The van der Waals surface area contributed by atoms with Gasteiger partial charge in [0, 0.05) is 10.5 Å².